The van der Waals surface area contributed by atoms with E-state index in [-0.39, 0.29) is 5.56 Å². The zero-order valence-corrected chi connectivity index (χ0v) is 18.3. The molecular weight excluding hydrogens is 404 g/mol. The number of hydrogen-bond donors (Lipinski definition) is 1. The number of aryl methyl sites for hydroxylation is 1. The summed E-state index contributed by atoms with van der Waals surface area (Å²) in [6, 6.07) is 8.66. The highest BCUT2D eigenvalue weighted by Crippen LogP contribution is 2.31. The molecular formula is C25H30N4O3. The topological polar surface area (TPSA) is 78.3 Å². The molecule has 1 fully saturated rings. The number of aromatic nitrogens is 3. The van der Waals surface area contributed by atoms with Gasteiger partial charge in [-0.2, -0.15) is 0 Å². The predicted octanol–water partition coefficient (Wildman–Crippen LogP) is 3.69. The SMILES string of the molecule is O=c1cnc2cnccc2n1CCCC1CCC(NCc2ccc3c(c2)OCCO3)CC1. The average Bonchev–Trinajstić information content (AvgIpc) is 2.85. The van der Waals surface area contributed by atoms with Gasteiger partial charge in [0.2, 0.25) is 0 Å². The van der Waals surface area contributed by atoms with Crippen LogP contribution in [0, 0.1) is 5.92 Å². The molecule has 2 aromatic heterocycles. The van der Waals surface area contributed by atoms with Gasteiger partial charge in [0.1, 0.15) is 18.7 Å². The van der Waals surface area contributed by atoms with Crippen LogP contribution in [0.15, 0.2) is 47.7 Å². The molecule has 1 aliphatic heterocycles. The van der Waals surface area contributed by atoms with Gasteiger partial charge in [-0.15, -0.1) is 0 Å². The average molecular weight is 435 g/mol. The van der Waals surface area contributed by atoms with Crippen molar-refractivity contribution in [2.45, 2.75) is 57.7 Å². The molecule has 1 N–H and O–H groups in total. The first kappa shape index (κ1) is 20.9. The van der Waals surface area contributed by atoms with Crippen molar-refractivity contribution in [3.63, 3.8) is 0 Å². The Morgan fingerprint density at radius 3 is 2.75 bits per heavy atom. The lowest BCUT2D eigenvalue weighted by Gasteiger charge is -2.29. The van der Waals surface area contributed by atoms with E-state index in [1.165, 1.54) is 37.4 Å². The summed E-state index contributed by atoms with van der Waals surface area (Å²) >= 11 is 0. The Bertz CT molecular complexity index is 1120. The zero-order chi connectivity index (χ0) is 21.8. The van der Waals surface area contributed by atoms with Crippen LogP contribution in [0.25, 0.3) is 11.0 Å². The van der Waals surface area contributed by atoms with E-state index in [0.717, 1.165) is 54.4 Å². The Morgan fingerprint density at radius 2 is 1.88 bits per heavy atom. The third kappa shape index (κ3) is 4.78. The van der Waals surface area contributed by atoms with E-state index in [9.17, 15) is 4.79 Å². The summed E-state index contributed by atoms with van der Waals surface area (Å²) < 4.78 is 13.1. The Balaban J connectivity index is 1.07. The lowest BCUT2D eigenvalue weighted by Crippen LogP contribution is -2.33. The van der Waals surface area contributed by atoms with Gasteiger partial charge in [0.05, 0.1) is 17.9 Å². The van der Waals surface area contributed by atoms with Crippen molar-refractivity contribution in [3.8, 4) is 11.5 Å². The Morgan fingerprint density at radius 1 is 1.03 bits per heavy atom. The highest BCUT2D eigenvalue weighted by Gasteiger charge is 2.21. The Kier molecular flexibility index (Phi) is 6.34. The van der Waals surface area contributed by atoms with Gasteiger partial charge in [-0.3, -0.25) is 9.78 Å². The smallest absolute Gasteiger partial charge is 0.269 e. The molecule has 3 heterocycles. The van der Waals surface area contributed by atoms with Gasteiger partial charge < -0.3 is 19.4 Å². The second-order valence-corrected chi connectivity index (χ2v) is 8.83. The van der Waals surface area contributed by atoms with Gasteiger partial charge >= 0.3 is 0 Å². The van der Waals surface area contributed by atoms with Crippen molar-refractivity contribution in [2.75, 3.05) is 13.2 Å². The number of benzene rings is 1. The van der Waals surface area contributed by atoms with Crippen molar-refractivity contribution < 1.29 is 9.47 Å². The lowest BCUT2D eigenvalue weighted by atomic mass is 9.83. The first-order chi connectivity index (χ1) is 15.8. The third-order valence-electron chi connectivity index (χ3n) is 6.69. The van der Waals surface area contributed by atoms with Crippen LogP contribution in [0.5, 0.6) is 11.5 Å². The molecule has 0 unspecified atom stereocenters. The maximum atomic E-state index is 12.3. The minimum absolute atomic E-state index is 0.0317. The van der Waals surface area contributed by atoms with Crippen LogP contribution < -0.4 is 20.3 Å². The summed E-state index contributed by atoms with van der Waals surface area (Å²) in [4.78, 5) is 20.6. The molecule has 32 heavy (non-hydrogen) atoms. The van der Waals surface area contributed by atoms with Gasteiger partial charge in [0.15, 0.2) is 11.5 Å². The summed E-state index contributed by atoms with van der Waals surface area (Å²) in [7, 11) is 0. The van der Waals surface area contributed by atoms with E-state index >= 15 is 0 Å². The molecule has 0 bridgehead atoms. The molecule has 0 spiro atoms. The van der Waals surface area contributed by atoms with Crippen LogP contribution in [0.3, 0.4) is 0 Å². The van der Waals surface area contributed by atoms with Crippen molar-refractivity contribution in [2.24, 2.45) is 5.92 Å². The molecule has 7 nitrogen and oxygen atoms in total. The number of pyridine rings is 1. The maximum absolute atomic E-state index is 12.3. The molecule has 0 radical (unpaired) electrons. The predicted molar refractivity (Wildman–Crippen MR) is 123 cm³/mol. The summed E-state index contributed by atoms with van der Waals surface area (Å²) in [5, 5.41) is 3.72. The van der Waals surface area contributed by atoms with E-state index in [4.69, 9.17) is 9.47 Å². The molecule has 3 aromatic rings. The molecule has 0 saturated heterocycles. The molecule has 2 aliphatic rings. The number of fused-ring (bicyclic) bond motifs is 2. The number of nitrogens with one attached hydrogen (secondary N) is 1. The summed E-state index contributed by atoms with van der Waals surface area (Å²) in [5.74, 6) is 2.45. The fourth-order valence-electron chi connectivity index (χ4n) is 4.90. The van der Waals surface area contributed by atoms with Crippen molar-refractivity contribution >= 4 is 11.0 Å². The number of rotatable bonds is 7. The van der Waals surface area contributed by atoms with Gasteiger partial charge in [0.25, 0.3) is 5.56 Å². The van der Waals surface area contributed by atoms with Gasteiger partial charge in [0, 0.05) is 25.3 Å². The first-order valence-corrected chi connectivity index (χ1v) is 11.7. The molecule has 1 aromatic carbocycles. The zero-order valence-electron chi connectivity index (χ0n) is 18.3. The van der Waals surface area contributed by atoms with Crippen LogP contribution in [-0.4, -0.2) is 33.8 Å². The Hall–Kier alpha value is -2.93. The standard InChI is InChI=1S/C25H30N4O3/c30-25-17-28-21-16-26-10-9-22(21)29(25)11-1-2-18-3-6-20(7-4-18)27-15-19-5-8-23-24(14-19)32-13-12-31-23/h5,8-10,14,16-18,20,27H,1-4,6-7,11-13,15H2. The number of ether oxygens (including phenoxy) is 2. The van der Waals surface area contributed by atoms with Crippen LogP contribution in [0.2, 0.25) is 0 Å². The molecule has 5 rings (SSSR count). The highest BCUT2D eigenvalue weighted by atomic mass is 16.6. The summed E-state index contributed by atoms with van der Waals surface area (Å²) in [6.07, 6.45) is 11.9. The van der Waals surface area contributed by atoms with Crippen molar-refractivity contribution in [1.29, 1.82) is 0 Å². The van der Waals surface area contributed by atoms with Crippen LogP contribution >= 0.6 is 0 Å². The van der Waals surface area contributed by atoms with Gasteiger partial charge in [-0.05, 0) is 68.2 Å². The number of nitrogens with zero attached hydrogens (tertiary/aromatic N) is 3. The van der Waals surface area contributed by atoms with Crippen LogP contribution in [0.4, 0.5) is 0 Å². The van der Waals surface area contributed by atoms with E-state index in [2.05, 4.69) is 27.4 Å². The Labute approximate surface area is 187 Å². The summed E-state index contributed by atoms with van der Waals surface area (Å²) in [6.45, 7) is 2.85. The molecule has 7 heteroatoms. The minimum atomic E-state index is -0.0317. The molecule has 1 aliphatic carbocycles. The van der Waals surface area contributed by atoms with E-state index < -0.39 is 0 Å². The van der Waals surface area contributed by atoms with Crippen LogP contribution in [-0.2, 0) is 13.1 Å². The van der Waals surface area contributed by atoms with Crippen LogP contribution in [0.1, 0.15) is 44.1 Å². The minimum Gasteiger partial charge on any atom is -0.486 e. The second kappa shape index (κ2) is 9.69. The fourth-order valence-corrected chi connectivity index (χ4v) is 4.90. The molecule has 0 atom stereocenters. The summed E-state index contributed by atoms with van der Waals surface area (Å²) in [5.41, 5.74) is 2.86. The first-order valence-electron chi connectivity index (χ1n) is 11.7. The van der Waals surface area contributed by atoms with E-state index in [1.54, 1.807) is 12.4 Å². The van der Waals surface area contributed by atoms with Crippen molar-refractivity contribution in [3.05, 3.63) is 58.8 Å². The normalized spacial score (nSPS) is 20.4. The monoisotopic (exact) mass is 434 g/mol. The van der Waals surface area contributed by atoms with E-state index in [1.807, 2.05) is 16.7 Å². The number of hydrogen-bond acceptors (Lipinski definition) is 6. The fraction of sp³-hybridized carbons (Fsp3) is 0.480. The highest BCUT2D eigenvalue weighted by molar-refractivity contribution is 5.72. The lowest BCUT2D eigenvalue weighted by molar-refractivity contribution is 0.171. The molecule has 168 valence electrons. The van der Waals surface area contributed by atoms with Gasteiger partial charge in [-0.1, -0.05) is 6.07 Å². The molecule has 0 amide bonds. The van der Waals surface area contributed by atoms with Gasteiger partial charge in [-0.25, -0.2) is 4.98 Å². The maximum Gasteiger partial charge on any atom is 0.269 e. The largest absolute Gasteiger partial charge is 0.486 e. The van der Waals surface area contributed by atoms with Crippen molar-refractivity contribution in [1.82, 2.24) is 19.9 Å². The second-order valence-electron chi connectivity index (χ2n) is 8.83. The molecule has 1 saturated carbocycles. The third-order valence-corrected chi connectivity index (χ3v) is 6.69. The van der Waals surface area contributed by atoms with E-state index in [0.29, 0.717) is 19.3 Å². The quantitative estimate of drug-likeness (QED) is 0.611.